The van der Waals surface area contributed by atoms with Gasteiger partial charge in [0.1, 0.15) is 35.9 Å². The molecule has 5 atom stereocenters. The summed E-state index contributed by atoms with van der Waals surface area (Å²) in [7, 11) is 0. The molecule has 0 aromatic carbocycles. The van der Waals surface area contributed by atoms with Crippen LogP contribution in [0.3, 0.4) is 0 Å². The lowest BCUT2D eigenvalue weighted by Crippen LogP contribution is -2.47. The first-order valence-electron chi connectivity index (χ1n) is 8.97. The average molecular weight is 406 g/mol. The molecule has 1 fully saturated rings. The van der Waals surface area contributed by atoms with E-state index in [9.17, 15) is 24.1 Å². The fourth-order valence-electron chi connectivity index (χ4n) is 3.67. The molecule has 1 saturated heterocycles. The summed E-state index contributed by atoms with van der Waals surface area (Å²) >= 11 is 0. The number of aliphatic hydroxyl groups excluding tert-OH is 2. The Hall–Kier alpha value is -2.53. The maximum Gasteiger partial charge on any atom is 0.265 e. The van der Waals surface area contributed by atoms with Gasteiger partial charge >= 0.3 is 0 Å². The first-order valence-corrected chi connectivity index (χ1v) is 8.97. The van der Waals surface area contributed by atoms with Crippen LogP contribution in [0.4, 0.5) is 8.78 Å². The number of hydrogen-bond acceptors (Lipinski definition) is 7. The molecule has 4 heterocycles. The summed E-state index contributed by atoms with van der Waals surface area (Å²) in [5.41, 5.74) is -0.950. The Balaban J connectivity index is 1.69. The van der Waals surface area contributed by atoms with Crippen molar-refractivity contribution in [3.8, 4) is 0 Å². The van der Waals surface area contributed by atoms with Crippen molar-refractivity contribution < 1.29 is 28.8 Å². The van der Waals surface area contributed by atoms with Crippen LogP contribution in [0.15, 0.2) is 37.1 Å². The third-order valence-electron chi connectivity index (χ3n) is 5.37. The van der Waals surface area contributed by atoms with Crippen molar-refractivity contribution in [3.63, 3.8) is 0 Å². The standard InChI is InChI=1S/C19H20F2N4O4/c1-9-12-3-4-25(17(12)24-8-23-9)18-14(27)19(2,28)15(29-18)13(26)10-5-11(16(20)21)7-22-6-10/h3-8,13-16,18,26-28H,1-2H3/t13-,14-,15+,18+,19-/m0/s1. The molecule has 0 radical (unpaired) electrons. The number of ether oxygens (including phenoxy) is 1. The third kappa shape index (κ3) is 3.18. The summed E-state index contributed by atoms with van der Waals surface area (Å²) in [6, 6.07) is 2.86. The quantitative estimate of drug-likeness (QED) is 0.606. The number of halogens is 2. The summed E-state index contributed by atoms with van der Waals surface area (Å²) in [6.07, 6.45) is -2.77. The molecule has 3 aromatic heterocycles. The average Bonchev–Trinajstić information content (AvgIpc) is 3.22. The number of rotatable bonds is 4. The molecular formula is C19H20F2N4O4. The molecule has 0 saturated carbocycles. The van der Waals surface area contributed by atoms with Gasteiger partial charge in [-0.3, -0.25) is 4.98 Å². The van der Waals surface area contributed by atoms with E-state index >= 15 is 0 Å². The Bertz CT molecular complexity index is 1040. The number of aryl methyl sites for hydroxylation is 1. The molecule has 0 spiro atoms. The first kappa shape index (κ1) is 19.8. The van der Waals surface area contributed by atoms with Crippen molar-refractivity contribution in [2.45, 2.75) is 50.4 Å². The zero-order chi connectivity index (χ0) is 20.9. The molecule has 1 aliphatic rings. The Morgan fingerprint density at radius 2 is 1.97 bits per heavy atom. The summed E-state index contributed by atoms with van der Waals surface area (Å²) in [4.78, 5) is 12.0. The molecule has 0 unspecified atom stereocenters. The van der Waals surface area contributed by atoms with E-state index < -0.39 is 36.6 Å². The number of aliphatic hydroxyl groups is 3. The maximum atomic E-state index is 13.0. The molecule has 1 aliphatic heterocycles. The van der Waals surface area contributed by atoms with Crippen molar-refractivity contribution in [3.05, 3.63) is 53.9 Å². The van der Waals surface area contributed by atoms with E-state index in [1.54, 1.807) is 16.8 Å². The lowest BCUT2D eigenvalue weighted by Gasteiger charge is -2.29. The Morgan fingerprint density at radius 3 is 2.69 bits per heavy atom. The molecule has 0 aliphatic carbocycles. The monoisotopic (exact) mass is 406 g/mol. The van der Waals surface area contributed by atoms with Crippen LogP contribution < -0.4 is 0 Å². The number of alkyl halides is 2. The van der Waals surface area contributed by atoms with Crippen LogP contribution in [-0.2, 0) is 4.74 Å². The number of aromatic nitrogens is 4. The highest BCUT2D eigenvalue weighted by atomic mass is 19.3. The van der Waals surface area contributed by atoms with Gasteiger partial charge in [-0.1, -0.05) is 0 Å². The van der Waals surface area contributed by atoms with Gasteiger partial charge in [-0.05, 0) is 26.0 Å². The second-order valence-electron chi connectivity index (χ2n) is 7.33. The fraction of sp³-hybridized carbons (Fsp3) is 0.421. The second-order valence-corrected chi connectivity index (χ2v) is 7.33. The van der Waals surface area contributed by atoms with Gasteiger partial charge in [0, 0.05) is 35.1 Å². The lowest BCUT2D eigenvalue weighted by molar-refractivity contribution is -0.115. The Labute approximate surface area is 164 Å². The van der Waals surface area contributed by atoms with Gasteiger partial charge < -0.3 is 24.6 Å². The van der Waals surface area contributed by atoms with Crippen molar-refractivity contribution in [2.24, 2.45) is 0 Å². The number of pyridine rings is 1. The number of fused-ring (bicyclic) bond motifs is 1. The van der Waals surface area contributed by atoms with Crippen LogP contribution in [0.1, 0.15) is 42.5 Å². The van der Waals surface area contributed by atoms with Crippen molar-refractivity contribution in [1.82, 2.24) is 19.5 Å². The lowest BCUT2D eigenvalue weighted by atomic mass is 9.88. The minimum atomic E-state index is -2.76. The summed E-state index contributed by atoms with van der Waals surface area (Å²) < 4.78 is 33.3. The molecule has 0 amide bonds. The summed E-state index contributed by atoms with van der Waals surface area (Å²) in [6.45, 7) is 3.13. The molecule has 3 N–H and O–H groups in total. The SMILES string of the molecule is Cc1ncnc2c1ccn2[C@@H]1O[C@H]([C@@H](O)c2cncc(C(F)F)c2)[C@@](C)(O)[C@H]1O. The highest BCUT2D eigenvalue weighted by molar-refractivity contribution is 5.78. The van der Waals surface area contributed by atoms with E-state index in [1.807, 2.05) is 6.92 Å². The van der Waals surface area contributed by atoms with E-state index in [-0.39, 0.29) is 11.1 Å². The van der Waals surface area contributed by atoms with E-state index in [2.05, 4.69) is 15.0 Å². The Morgan fingerprint density at radius 1 is 1.24 bits per heavy atom. The van der Waals surface area contributed by atoms with Gasteiger partial charge in [0.2, 0.25) is 0 Å². The van der Waals surface area contributed by atoms with Crippen LogP contribution in [-0.4, -0.2) is 52.6 Å². The molecule has 154 valence electrons. The van der Waals surface area contributed by atoms with Gasteiger partial charge in [-0.25, -0.2) is 18.7 Å². The summed E-state index contributed by atoms with van der Waals surface area (Å²) in [5, 5.41) is 33.1. The molecule has 8 nitrogen and oxygen atoms in total. The zero-order valence-electron chi connectivity index (χ0n) is 15.6. The van der Waals surface area contributed by atoms with Crippen molar-refractivity contribution >= 4 is 11.0 Å². The van der Waals surface area contributed by atoms with E-state index in [4.69, 9.17) is 4.74 Å². The van der Waals surface area contributed by atoms with Gasteiger partial charge in [0.25, 0.3) is 6.43 Å². The molecule has 4 rings (SSSR count). The normalized spacial score (nSPS) is 28.3. The van der Waals surface area contributed by atoms with E-state index in [1.165, 1.54) is 19.4 Å². The molecule has 10 heteroatoms. The van der Waals surface area contributed by atoms with E-state index in [0.717, 1.165) is 23.3 Å². The Kier molecular flexibility index (Phi) is 4.82. The van der Waals surface area contributed by atoms with Crippen molar-refractivity contribution in [2.75, 3.05) is 0 Å². The van der Waals surface area contributed by atoms with E-state index in [0.29, 0.717) is 5.65 Å². The van der Waals surface area contributed by atoms with Gasteiger partial charge in [0.15, 0.2) is 6.23 Å². The van der Waals surface area contributed by atoms with Crippen LogP contribution >= 0.6 is 0 Å². The largest absolute Gasteiger partial charge is 0.386 e. The highest BCUT2D eigenvalue weighted by Crippen LogP contribution is 2.43. The predicted molar refractivity (Wildman–Crippen MR) is 97.0 cm³/mol. The smallest absolute Gasteiger partial charge is 0.265 e. The summed E-state index contributed by atoms with van der Waals surface area (Å²) in [5.74, 6) is 0. The molecular weight excluding hydrogens is 386 g/mol. The first-order chi connectivity index (χ1) is 13.7. The zero-order valence-corrected chi connectivity index (χ0v) is 15.6. The van der Waals surface area contributed by atoms with Crippen LogP contribution in [0.25, 0.3) is 11.0 Å². The predicted octanol–water partition coefficient (Wildman–Crippen LogP) is 1.82. The topological polar surface area (TPSA) is 114 Å². The minimum absolute atomic E-state index is 0.0523. The molecule has 3 aromatic rings. The van der Waals surface area contributed by atoms with Crippen LogP contribution in [0.2, 0.25) is 0 Å². The third-order valence-corrected chi connectivity index (χ3v) is 5.37. The second kappa shape index (κ2) is 7.06. The maximum absolute atomic E-state index is 13.0. The number of nitrogens with zero attached hydrogens (tertiary/aromatic N) is 4. The van der Waals surface area contributed by atoms with Gasteiger partial charge in [-0.2, -0.15) is 0 Å². The van der Waals surface area contributed by atoms with Crippen LogP contribution in [0.5, 0.6) is 0 Å². The van der Waals surface area contributed by atoms with Crippen molar-refractivity contribution in [1.29, 1.82) is 0 Å². The minimum Gasteiger partial charge on any atom is -0.386 e. The van der Waals surface area contributed by atoms with Crippen LogP contribution in [0, 0.1) is 6.92 Å². The highest BCUT2D eigenvalue weighted by Gasteiger charge is 2.56. The number of hydrogen-bond donors (Lipinski definition) is 3. The fourth-order valence-corrected chi connectivity index (χ4v) is 3.67. The molecule has 0 bridgehead atoms. The van der Waals surface area contributed by atoms with Gasteiger partial charge in [-0.15, -0.1) is 0 Å². The van der Waals surface area contributed by atoms with Gasteiger partial charge in [0.05, 0.1) is 5.69 Å². The molecule has 29 heavy (non-hydrogen) atoms.